The van der Waals surface area contributed by atoms with Crippen LogP contribution in [-0.2, 0) is 0 Å². The quantitative estimate of drug-likeness (QED) is 0.725. The Kier molecular flexibility index (Phi) is 2.44. The van der Waals surface area contributed by atoms with Crippen molar-refractivity contribution < 1.29 is 9.50 Å². The zero-order valence-electron chi connectivity index (χ0n) is 8.39. The molecule has 1 aromatic rings. The van der Waals surface area contributed by atoms with Crippen molar-refractivity contribution in [3.05, 3.63) is 29.1 Å². The van der Waals surface area contributed by atoms with Gasteiger partial charge in [-0.25, -0.2) is 4.39 Å². The Morgan fingerprint density at radius 3 is 2.57 bits per heavy atom. The van der Waals surface area contributed by atoms with Crippen LogP contribution in [-0.4, -0.2) is 5.11 Å². The minimum absolute atomic E-state index is 0.160. The second-order valence-corrected chi connectivity index (χ2v) is 4.14. The molecule has 0 spiro atoms. The predicted octanol–water partition coefficient (Wildman–Crippen LogP) is 3.50. The molecule has 14 heavy (non-hydrogen) atoms. The van der Waals surface area contributed by atoms with E-state index in [0.717, 1.165) is 12.8 Å². The normalized spacial score (nSPS) is 17.6. The third-order valence-electron chi connectivity index (χ3n) is 3.11. The van der Waals surface area contributed by atoms with E-state index < -0.39 is 0 Å². The van der Waals surface area contributed by atoms with E-state index in [0.29, 0.717) is 17.0 Å². The number of aromatic hydroxyl groups is 1. The molecule has 2 heteroatoms. The summed E-state index contributed by atoms with van der Waals surface area (Å²) in [6.07, 6.45) is 4.47. The number of rotatable bonds is 1. The lowest BCUT2D eigenvalue weighted by atomic mass is 9.96. The first-order valence-corrected chi connectivity index (χ1v) is 5.17. The molecular weight excluding hydrogens is 179 g/mol. The minimum atomic E-state index is -0.160. The maximum Gasteiger partial charge on any atom is 0.127 e. The van der Waals surface area contributed by atoms with Gasteiger partial charge in [0.15, 0.2) is 0 Å². The lowest BCUT2D eigenvalue weighted by molar-refractivity contribution is 0.464. The summed E-state index contributed by atoms with van der Waals surface area (Å²) < 4.78 is 13.6. The third-order valence-corrected chi connectivity index (χ3v) is 3.11. The Hall–Kier alpha value is -1.05. The SMILES string of the molecule is Cc1cc(F)c(C2CCCC2)cc1O. The summed E-state index contributed by atoms with van der Waals surface area (Å²) in [5, 5.41) is 9.52. The Labute approximate surface area is 83.6 Å². The maximum absolute atomic E-state index is 13.6. The zero-order chi connectivity index (χ0) is 10.1. The molecule has 0 saturated heterocycles. The summed E-state index contributed by atoms with van der Waals surface area (Å²) in [4.78, 5) is 0. The summed E-state index contributed by atoms with van der Waals surface area (Å²) in [7, 11) is 0. The monoisotopic (exact) mass is 194 g/mol. The van der Waals surface area contributed by atoms with Gasteiger partial charge in [0.25, 0.3) is 0 Å². The highest BCUT2D eigenvalue weighted by Crippen LogP contribution is 2.37. The predicted molar refractivity (Wildman–Crippen MR) is 54.0 cm³/mol. The molecule has 1 aliphatic carbocycles. The molecule has 0 aromatic heterocycles. The Balaban J connectivity index is 2.37. The molecule has 0 atom stereocenters. The second kappa shape index (κ2) is 3.60. The number of phenols is 1. The van der Waals surface area contributed by atoms with Crippen molar-refractivity contribution in [1.29, 1.82) is 0 Å². The average molecular weight is 194 g/mol. The van der Waals surface area contributed by atoms with E-state index in [1.807, 2.05) is 0 Å². The largest absolute Gasteiger partial charge is 0.508 e. The van der Waals surface area contributed by atoms with Crippen LogP contribution in [0.5, 0.6) is 5.75 Å². The molecule has 1 N–H and O–H groups in total. The van der Waals surface area contributed by atoms with Crippen LogP contribution in [0.2, 0.25) is 0 Å². The van der Waals surface area contributed by atoms with Crippen molar-refractivity contribution in [2.75, 3.05) is 0 Å². The molecule has 0 bridgehead atoms. The van der Waals surface area contributed by atoms with Crippen molar-refractivity contribution in [1.82, 2.24) is 0 Å². The zero-order valence-corrected chi connectivity index (χ0v) is 8.39. The van der Waals surface area contributed by atoms with E-state index in [1.54, 1.807) is 13.0 Å². The highest BCUT2D eigenvalue weighted by molar-refractivity contribution is 5.38. The van der Waals surface area contributed by atoms with Crippen LogP contribution in [0.1, 0.15) is 42.7 Å². The Morgan fingerprint density at radius 2 is 1.93 bits per heavy atom. The van der Waals surface area contributed by atoms with E-state index in [4.69, 9.17) is 0 Å². The Bertz CT molecular complexity index is 340. The van der Waals surface area contributed by atoms with E-state index in [-0.39, 0.29) is 11.6 Å². The molecule has 1 aromatic carbocycles. The van der Waals surface area contributed by atoms with Crippen LogP contribution >= 0.6 is 0 Å². The minimum Gasteiger partial charge on any atom is -0.508 e. The van der Waals surface area contributed by atoms with E-state index >= 15 is 0 Å². The fourth-order valence-electron chi connectivity index (χ4n) is 2.23. The number of benzene rings is 1. The van der Waals surface area contributed by atoms with Crippen molar-refractivity contribution in [2.24, 2.45) is 0 Å². The number of phenolic OH excluding ortho intramolecular Hbond substituents is 1. The standard InChI is InChI=1S/C12H15FO/c1-8-6-11(13)10(7-12(8)14)9-4-2-3-5-9/h6-7,9,14H,2-5H2,1H3. The molecule has 0 aliphatic heterocycles. The van der Waals surface area contributed by atoms with Gasteiger partial charge in [-0.05, 0) is 48.9 Å². The molecule has 76 valence electrons. The molecule has 1 aliphatic rings. The topological polar surface area (TPSA) is 20.2 Å². The van der Waals surface area contributed by atoms with Gasteiger partial charge < -0.3 is 5.11 Å². The van der Waals surface area contributed by atoms with Crippen LogP contribution in [0.25, 0.3) is 0 Å². The van der Waals surface area contributed by atoms with Crippen LogP contribution < -0.4 is 0 Å². The molecule has 1 saturated carbocycles. The first kappa shape index (κ1) is 9.50. The van der Waals surface area contributed by atoms with Gasteiger partial charge in [0.1, 0.15) is 11.6 Å². The smallest absolute Gasteiger partial charge is 0.127 e. The van der Waals surface area contributed by atoms with Gasteiger partial charge in [0.05, 0.1) is 0 Å². The van der Waals surface area contributed by atoms with E-state index in [9.17, 15) is 9.50 Å². The van der Waals surface area contributed by atoms with Crippen molar-refractivity contribution in [3.8, 4) is 5.75 Å². The van der Waals surface area contributed by atoms with Crippen molar-refractivity contribution in [2.45, 2.75) is 38.5 Å². The van der Waals surface area contributed by atoms with Gasteiger partial charge in [-0.15, -0.1) is 0 Å². The first-order valence-electron chi connectivity index (χ1n) is 5.17. The highest BCUT2D eigenvalue weighted by Gasteiger charge is 2.21. The molecule has 0 heterocycles. The molecule has 0 radical (unpaired) electrons. The summed E-state index contributed by atoms with van der Waals surface area (Å²) in [6, 6.07) is 3.03. The van der Waals surface area contributed by atoms with Crippen molar-refractivity contribution >= 4 is 0 Å². The number of hydrogen-bond acceptors (Lipinski definition) is 1. The highest BCUT2D eigenvalue weighted by atomic mass is 19.1. The molecule has 2 rings (SSSR count). The number of halogens is 1. The maximum atomic E-state index is 13.6. The van der Waals surface area contributed by atoms with Crippen LogP contribution in [0.3, 0.4) is 0 Å². The van der Waals surface area contributed by atoms with Crippen LogP contribution in [0.15, 0.2) is 12.1 Å². The summed E-state index contributed by atoms with van der Waals surface area (Å²) in [6.45, 7) is 1.72. The summed E-state index contributed by atoms with van der Waals surface area (Å²) in [5.41, 5.74) is 1.31. The van der Waals surface area contributed by atoms with Gasteiger partial charge in [0.2, 0.25) is 0 Å². The molecule has 1 nitrogen and oxygen atoms in total. The Morgan fingerprint density at radius 1 is 1.29 bits per heavy atom. The number of hydrogen-bond donors (Lipinski definition) is 1. The van der Waals surface area contributed by atoms with Crippen LogP contribution in [0, 0.1) is 12.7 Å². The van der Waals surface area contributed by atoms with Crippen LogP contribution in [0.4, 0.5) is 4.39 Å². The van der Waals surface area contributed by atoms with Gasteiger partial charge >= 0.3 is 0 Å². The van der Waals surface area contributed by atoms with Crippen molar-refractivity contribution in [3.63, 3.8) is 0 Å². The summed E-state index contributed by atoms with van der Waals surface area (Å²) >= 11 is 0. The molecule has 0 amide bonds. The molecular formula is C12H15FO. The fraction of sp³-hybridized carbons (Fsp3) is 0.500. The molecule has 1 fully saturated rings. The lowest BCUT2D eigenvalue weighted by Gasteiger charge is -2.12. The van der Waals surface area contributed by atoms with Gasteiger partial charge in [-0.1, -0.05) is 12.8 Å². The van der Waals surface area contributed by atoms with E-state index in [1.165, 1.54) is 18.9 Å². The fourth-order valence-corrected chi connectivity index (χ4v) is 2.23. The first-order chi connectivity index (χ1) is 6.68. The second-order valence-electron chi connectivity index (χ2n) is 4.14. The molecule has 0 unspecified atom stereocenters. The average Bonchev–Trinajstić information content (AvgIpc) is 2.64. The van der Waals surface area contributed by atoms with Gasteiger partial charge in [0, 0.05) is 0 Å². The lowest BCUT2D eigenvalue weighted by Crippen LogP contribution is -1.97. The third kappa shape index (κ3) is 1.61. The summed E-state index contributed by atoms with van der Waals surface area (Å²) in [5.74, 6) is 0.377. The van der Waals surface area contributed by atoms with Gasteiger partial charge in [-0.2, -0.15) is 0 Å². The van der Waals surface area contributed by atoms with Gasteiger partial charge in [-0.3, -0.25) is 0 Å². The van der Waals surface area contributed by atoms with E-state index in [2.05, 4.69) is 0 Å². The number of aryl methyl sites for hydroxylation is 1.